The number of benzene rings is 2. The van der Waals surface area contributed by atoms with Gasteiger partial charge in [-0.15, -0.1) is 0 Å². The zero-order valence-electron chi connectivity index (χ0n) is 26.4. The molecule has 0 amide bonds. The number of anilines is 1. The highest BCUT2D eigenvalue weighted by Gasteiger charge is 2.24. The summed E-state index contributed by atoms with van der Waals surface area (Å²) in [6.07, 6.45) is 2.35. The summed E-state index contributed by atoms with van der Waals surface area (Å²) in [5, 5.41) is 0. The number of hydrogen-bond donors (Lipinski definition) is 1. The number of carbonyl (C=O) groups is 2. The van der Waals surface area contributed by atoms with Crippen molar-refractivity contribution in [1.82, 2.24) is 9.47 Å². The van der Waals surface area contributed by atoms with Crippen molar-refractivity contribution in [3.8, 4) is 11.4 Å². The minimum atomic E-state index is -1.19. The number of nitrogen functional groups attached to an aromatic ring is 1. The van der Waals surface area contributed by atoms with Gasteiger partial charge in [-0.2, -0.15) is 0 Å². The summed E-state index contributed by atoms with van der Waals surface area (Å²) < 4.78 is 75.0. The highest BCUT2D eigenvalue weighted by molar-refractivity contribution is 6.11. The lowest BCUT2D eigenvalue weighted by atomic mass is 9.92. The lowest BCUT2D eigenvalue weighted by Crippen LogP contribution is -2.38. The first-order valence-corrected chi connectivity index (χ1v) is 15.6. The van der Waals surface area contributed by atoms with Crippen molar-refractivity contribution >= 4 is 17.6 Å². The van der Waals surface area contributed by atoms with Gasteiger partial charge in [0.1, 0.15) is 35.5 Å². The molecule has 0 saturated carbocycles. The van der Waals surface area contributed by atoms with Gasteiger partial charge in [0.05, 0.1) is 36.9 Å². The van der Waals surface area contributed by atoms with Crippen molar-refractivity contribution in [3.63, 3.8) is 0 Å². The molecule has 0 radical (unpaired) electrons. The third-order valence-electron chi connectivity index (χ3n) is 7.82. The second-order valence-electron chi connectivity index (χ2n) is 11.8. The normalized spacial score (nSPS) is 14.3. The number of pyridine rings is 1. The van der Waals surface area contributed by atoms with Crippen LogP contribution in [0.15, 0.2) is 47.3 Å². The molecule has 3 aromatic rings. The highest BCUT2D eigenvalue weighted by Crippen LogP contribution is 2.28. The summed E-state index contributed by atoms with van der Waals surface area (Å²) in [5.74, 6) is -6.47. The number of ketones is 1. The number of unbranched alkanes of at least 4 members (excludes halogenated alkanes) is 1. The molecule has 2 aromatic carbocycles. The summed E-state index contributed by atoms with van der Waals surface area (Å²) in [4.78, 5) is 40.5. The topological polar surface area (TPSA) is 113 Å². The van der Waals surface area contributed by atoms with Crippen molar-refractivity contribution in [3.05, 3.63) is 87.2 Å². The number of ether oxygens (including phenoxy) is 3. The Morgan fingerprint density at radius 3 is 2.26 bits per heavy atom. The van der Waals surface area contributed by atoms with E-state index < -0.39 is 57.2 Å². The van der Waals surface area contributed by atoms with Gasteiger partial charge in [0.2, 0.25) is 0 Å². The number of morpholine rings is 1. The second kappa shape index (κ2) is 16.6. The standard InChI is InChI=1S/C34H39F4N3O6/c1-21(2)17-22(34(44)47-16-12-40-10-14-45-15-11-40)5-3-4-13-46-24-19-28(37)31(29(38)20-24)41-30(42)9-8-26(33(41)39)32(43)25-7-6-23(35)18-27(25)36/h6-9,18-22H,3-5,10-17,39H2,1-2H3/t22-/m0/s1. The SMILES string of the molecule is CC(C)C[C@H](CCCCOc1cc(F)c(-n2c(N)c(C(=O)c3ccc(F)cc3F)ccc2=O)c(F)c1)C(=O)OCCN1CCOCC1. The molecule has 13 heteroatoms. The fraction of sp³-hybridized carbons (Fsp3) is 0.441. The third-order valence-corrected chi connectivity index (χ3v) is 7.82. The number of aromatic nitrogens is 1. The van der Waals surface area contributed by atoms with E-state index in [1.165, 1.54) is 0 Å². The molecular formula is C34H39F4N3O6. The lowest BCUT2D eigenvalue weighted by Gasteiger charge is -2.26. The Balaban J connectivity index is 1.36. The van der Waals surface area contributed by atoms with E-state index in [-0.39, 0.29) is 30.2 Å². The van der Waals surface area contributed by atoms with Crippen LogP contribution in [0.5, 0.6) is 5.75 Å². The van der Waals surface area contributed by atoms with Gasteiger partial charge in [-0.25, -0.2) is 17.6 Å². The largest absolute Gasteiger partial charge is 0.493 e. The first kappa shape index (κ1) is 35.6. The molecule has 1 aliphatic heterocycles. The van der Waals surface area contributed by atoms with Crippen molar-refractivity contribution in [2.45, 2.75) is 39.5 Å². The fourth-order valence-corrected chi connectivity index (χ4v) is 5.44. The maximum Gasteiger partial charge on any atom is 0.308 e. The Morgan fingerprint density at radius 1 is 0.915 bits per heavy atom. The molecule has 2 N–H and O–H groups in total. The molecule has 4 rings (SSSR count). The summed E-state index contributed by atoms with van der Waals surface area (Å²) in [5.41, 5.74) is 3.26. The van der Waals surface area contributed by atoms with Crippen molar-refractivity contribution in [2.75, 3.05) is 51.8 Å². The highest BCUT2D eigenvalue weighted by atomic mass is 19.1. The van der Waals surface area contributed by atoms with Crippen LogP contribution in [-0.2, 0) is 14.3 Å². The maximum atomic E-state index is 15.3. The van der Waals surface area contributed by atoms with Crippen LogP contribution < -0.4 is 16.0 Å². The van der Waals surface area contributed by atoms with Gasteiger partial charge in [-0.05, 0) is 49.8 Å². The Bertz CT molecular complexity index is 1600. The van der Waals surface area contributed by atoms with Crippen LogP contribution in [0.2, 0.25) is 0 Å². The molecule has 0 bridgehead atoms. The van der Waals surface area contributed by atoms with Gasteiger partial charge >= 0.3 is 5.97 Å². The third kappa shape index (κ3) is 9.41. The summed E-state index contributed by atoms with van der Waals surface area (Å²) in [7, 11) is 0. The molecule has 1 fully saturated rings. The molecule has 1 saturated heterocycles. The van der Waals surface area contributed by atoms with E-state index in [4.69, 9.17) is 19.9 Å². The number of halogens is 4. The van der Waals surface area contributed by atoms with Crippen LogP contribution in [0.1, 0.15) is 55.5 Å². The van der Waals surface area contributed by atoms with Crippen LogP contribution in [0.4, 0.5) is 23.4 Å². The predicted octanol–water partition coefficient (Wildman–Crippen LogP) is 5.29. The Morgan fingerprint density at radius 2 is 1.60 bits per heavy atom. The van der Waals surface area contributed by atoms with Crippen LogP contribution in [0.25, 0.3) is 5.69 Å². The van der Waals surface area contributed by atoms with Crippen LogP contribution in [-0.4, -0.2) is 67.3 Å². The van der Waals surface area contributed by atoms with E-state index in [0.29, 0.717) is 62.7 Å². The maximum absolute atomic E-state index is 15.3. The van der Waals surface area contributed by atoms with Gasteiger partial charge in [0, 0.05) is 43.9 Å². The molecule has 47 heavy (non-hydrogen) atoms. The average molecular weight is 662 g/mol. The lowest BCUT2D eigenvalue weighted by molar-refractivity contribution is -0.150. The zero-order chi connectivity index (χ0) is 34.1. The number of hydrogen-bond acceptors (Lipinski definition) is 8. The van der Waals surface area contributed by atoms with Gasteiger partial charge in [-0.1, -0.05) is 13.8 Å². The molecule has 254 valence electrons. The molecule has 0 spiro atoms. The van der Waals surface area contributed by atoms with E-state index in [1.807, 2.05) is 13.8 Å². The summed E-state index contributed by atoms with van der Waals surface area (Å²) in [6, 6.07) is 5.90. The van der Waals surface area contributed by atoms with Crippen molar-refractivity contribution < 1.29 is 41.4 Å². The summed E-state index contributed by atoms with van der Waals surface area (Å²) in [6.45, 7) is 8.10. The number of nitrogens with two attached hydrogens (primary N) is 1. The molecule has 9 nitrogen and oxygen atoms in total. The van der Waals surface area contributed by atoms with Gasteiger partial charge in [-0.3, -0.25) is 23.9 Å². The molecular weight excluding hydrogens is 622 g/mol. The van der Waals surface area contributed by atoms with Crippen molar-refractivity contribution in [2.24, 2.45) is 11.8 Å². The van der Waals surface area contributed by atoms with Crippen LogP contribution in [0.3, 0.4) is 0 Å². The first-order valence-electron chi connectivity index (χ1n) is 15.6. The molecule has 0 unspecified atom stereocenters. The van der Waals surface area contributed by atoms with E-state index in [2.05, 4.69) is 4.90 Å². The molecule has 1 aromatic heterocycles. The number of rotatable bonds is 15. The summed E-state index contributed by atoms with van der Waals surface area (Å²) >= 11 is 0. The van der Waals surface area contributed by atoms with Gasteiger partial charge < -0.3 is 19.9 Å². The quantitative estimate of drug-likeness (QED) is 0.101. The Labute approximate surface area is 270 Å². The Hall–Kier alpha value is -4.23. The van der Waals surface area contributed by atoms with E-state index in [9.17, 15) is 23.2 Å². The monoisotopic (exact) mass is 661 g/mol. The van der Waals surface area contributed by atoms with Gasteiger partial charge in [0.25, 0.3) is 5.56 Å². The van der Waals surface area contributed by atoms with Crippen LogP contribution >= 0.6 is 0 Å². The minimum Gasteiger partial charge on any atom is -0.493 e. The van der Waals surface area contributed by atoms with Gasteiger partial charge in [0.15, 0.2) is 17.4 Å². The number of nitrogens with zero attached hydrogens (tertiary/aromatic N) is 2. The molecule has 1 atom stereocenters. The van der Waals surface area contributed by atoms with E-state index >= 15 is 8.78 Å². The van der Waals surface area contributed by atoms with E-state index in [0.717, 1.165) is 49.5 Å². The molecule has 1 aliphatic rings. The molecule has 2 heterocycles. The number of carbonyl (C=O) groups excluding carboxylic acids is 2. The smallest absolute Gasteiger partial charge is 0.308 e. The molecule has 0 aliphatic carbocycles. The fourth-order valence-electron chi connectivity index (χ4n) is 5.44. The second-order valence-corrected chi connectivity index (χ2v) is 11.8. The zero-order valence-corrected chi connectivity index (χ0v) is 26.4. The first-order chi connectivity index (χ1) is 22.5. The minimum absolute atomic E-state index is 0.105. The van der Waals surface area contributed by atoms with Crippen LogP contribution in [0, 0.1) is 35.1 Å². The number of esters is 1. The Kier molecular flexibility index (Phi) is 12.5. The average Bonchev–Trinajstić information content (AvgIpc) is 3.01. The van der Waals surface area contributed by atoms with E-state index in [1.54, 1.807) is 0 Å². The predicted molar refractivity (Wildman–Crippen MR) is 167 cm³/mol. The van der Waals surface area contributed by atoms with Crippen molar-refractivity contribution in [1.29, 1.82) is 0 Å².